The van der Waals surface area contributed by atoms with E-state index in [1.54, 1.807) is 6.07 Å². The number of hydrogen-bond donors (Lipinski definition) is 2. The fourth-order valence-corrected chi connectivity index (χ4v) is 2.47. The van der Waals surface area contributed by atoms with Crippen molar-refractivity contribution >= 4 is 16.8 Å². The molecule has 3 aromatic rings. The number of aromatic nitrogens is 2. The normalized spacial score (nSPS) is 10.6. The first-order valence-electron chi connectivity index (χ1n) is 7.70. The summed E-state index contributed by atoms with van der Waals surface area (Å²) in [6, 6.07) is 5.93. The Bertz CT molecular complexity index is 1150. The molecule has 0 fully saturated rings. The summed E-state index contributed by atoms with van der Waals surface area (Å²) in [5.41, 5.74) is -0.626. The van der Waals surface area contributed by atoms with Crippen molar-refractivity contribution in [1.82, 2.24) is 15.3 Å². The van der Waals surface area contributed by atoms with Crippen LogP contribution >= 0.6 is 0 Å². The standard InChI is InChI=1S/C18H11F3N4O2/c19-12-1-2-14-11(17(12)21)4-10(18(27)25-14)5-16(26)24-8-15-13(20)3-9(6-22)7-23-15/h1-4,7H,5,8H2,(H,24,26)(H,25,27). The van der Waals surface area contributed by atoms with Crippen LogP contribution in [-0.2, 0) is 17.8 Å². The van der Waals surface area contributed by atoms with E-state index in [0.29, 0.717) is 0 Å². The highest BCUT2D eigenvalue weighted by atomic mass is 19.2. The zero-order valence-corrected chi connectivity index (χ0v) is 13.6. The Morgan fingerprint density at radius 1 is 1.22 bits per heavy atom. The maximum Gasteiger partial charge on any atom is 0.252 e. The number of fused-ring (bicyclic) bond motifs is 1. The maximum absolute atomic E-state index is 13.9. The minimum Gasteiger partial charge on any atom is -0.350 e. The third-order valence-electron chi connectivity index (χ3n) is 3.84. The van der Waals surface area contributed by atoms with Crippen molar-refractivity contribution < 1.29 is 18.0 Å². The Morgan fingerprint density at radius 3 is 2.70 bits per heavy atom. The third-order valence-corrected chi connectivity index (χ3v) is 3.84. The van der Waals surface area contributed by atoms with Crippen molar-refractivity contribution in [2.24, 2.45) is 0 Å². The van der Waals surface area contributed by atoms with Crippen molar-refractivity contribution in [2.45, 2.75) is 13.0 Å². The lowest BCUT2D eigenvalue weighted by Crippen LogP contribution is -2.28. The van der Waals surface area contributed by atoms with Crippen LogP contribution in [0.3, 0.4) is 0 Å². The number of aromatic amines is 1. The summed E-state index contributed by atoms with van der Waals surface area (Å²) < 4.78 is 40.9. The molecule has 0 spiro atoms. The van der Waals surface area contributed by atoms with Gasteiger partial charge in [0.15, 0.2) is 11.6 Å². The molecule has 1 aromatic carbocycles. The quantitative estimate of drug-likeness (QED) is 0.732. The lowest BCUT2D eigenvalue weighted by molar-refractivity contribution is -0.120. The van der Waals surface area contributed by atoms with Crippen LogP contribution in [0, 0.1) is 28.8 Å². The van der Waals surface area contributed by atoms with Crippen LogP contribution in [0.4, 0.5) is 13.2 Å². The Kier molecular flexibility index (Phi) is 4.90. The molecule has 9 heteroatoms. The van der Waals surface area contributed by atoms with Crippen molar-refractivity contribution in [1.29, 1.82) is 5.26 Å². The van der Waals surface area contributed by atoms with E-state index in [-0.39, 0.29) is 34.3 Å². The van der Waals surface area contributed by atoms with E-state index in [4.69, 9.17) is 5.26 Å². The van der Waals surface area contributed by atoms with Crippen LogP contribution in [0.25, 0.3) is 10.9 Å². The summed E-state index contributed by atoms with van der Waals surface area (Å²) in [6.45, 7) is -0.259. The van der Waals surface area contributed by atoms with Crippen molar-refractivity contribution in [3.8, 4) is 6.07 Å². The number of carbonyl (C=O) groups excluding carboxylic acids is 1. The molecule has 0 aliphatic rings. The van der Waals surface area contributed by atoms with E-state index in [1.165, 1.54) is 6.07 Å². The molecule has 6 nitrogen and oxygen atoms in total. The molecule has 0 aliphatic heterocycles. The predicted octanol–water partition coefficient (Wildman–Crippen LogP) is 2.07. The van der Waals surface area contributed by atoms with E-state index < -0.39 is 35.3 Å². The number of amides is 1. The summed E-state index contributed by atoms with van der Waals surface area (Å²) in [5.74, 6) is -3.60. The van der Waals surface area contributed by atoms with Gasteiger partial charge in [0.25, 0.3) is 5.56 Å². The van der Waals surface area contributed by atoms with Gasteiger partial charge in [-0.25, -0.2) is 13.2 Å². The molecule has 0 bridgehead atoms. The largest absolute Gasteiger partial charge is 0.350 e. The number of pyridine rings is 2. The molecule has 2 heterocycles. The SMILES string of the molecule is N#Cc1cnc(CNC(=O)Cc2cc3c(F)c(F)ccc3[nH]c2=O)c(F)c1. The molecule has 2 aromatic heterocycles. The van der Waals surface area contributed by atoms with E-state index in [0.717, 1.165) is 24.4 Å². The summed E-state index contributed by atoms with van der Waals surface area (Å²) >= 11 is 0. The zero-order chi connectivity index (χ0) is 19.6. The molecular weight excluding hydrogens is 361 g/mol. The van der Waals surface area contributed by atoms with Gasteiger partial charge in [0, 0.05) is 17.1 Å². The molecule has 136 valence electrons. The van der Waals surface area contributed by atoms with Gasteiger partial charge in [-0.05, 0) is 24.3 Å². The average molecular weight is 372 g/mol. The lowest BCUT2D eigenvalue weighted by atomic mass is 10.1. The van der Waals surface area contributed by atoms with Gasteiger partial charge in [0.1, 0.15) is 11.9 Å². The minimum absolute atomic E-state index is 0.0412. The fraction of sp³-hybridized carbons (Fsp3) is 0.111. The minimum atomic E-state index is -1.13. The van der Waals surface area contributed by atoms with Crippen LogP contribution < -0.4 is 10.9 Å². The molecule has 1 amide bonds. The smallest absolute Gasteiger partial charge is 0.252 e. The predicted molar refractivity (Wildman–Crippen MR) is 88.9 cm³/mol. The van der Waals surface area contributed by atoms with E-state index in [2.05, 4.69) is 15.3 Å². The van der Waals surface area contributed by atoms with Gasteiger partial charge in [-0.2, -0.15) is 5.26 Å². The van der Waals surface area contributed by atoms with Crippen LogP contribution in [0.2, 0.25) is 0 Å². The summed E-state index contributed by atoms with van der Waals surface area (Å²) in [6.07, 6.45) is 0.745. The first-order valence-corrected chi connectivity index (χ1v) is 7.70. The Morgan fingerprint density at radius 2 is 2.00 bits per heavy atom. The number of halogens is 3. The van der Waals surface area contributed by atoms with Crippen LogP contribution in [0.1, 0.15) is 16.8 Å². The first-order chi connectivity index (χ1) is 12.9. The molecule has 0 unspecified atom stereocenters. The second-order valence-corrected chi connectivity index (χ2v) is 5.66. The van der Waals surface area contributed by atoms with Crippen molar-refractivity contribution in [3.05, 3.63) is 75.1 Å². The highest BCUT2D eigenvalue weighted by Gasteiger charge is 2.14. The molecule has 27 heavy (non-hydrogen) atoms. The van der Waals surface area contributed by atoms with Crippen molar-refractivity contribution in [3.63, 3.8) is 0 Å². The van der Waals surface area contributed by atoms with Gasteiger partial charge in [-0.15, -0.1) is 0 Å². The number of nitrogens with zero attached hydrogens (tertiary/aromatic N) is 2. The number of H-pyrrole nitrogens is 1. The van der Waals surface area contributed by atoms with E-state index >= 15 is 0 Å². The monoisotopic (exact) mass is 372 g/mol. The maximum atomic E-state index is 13.9. The summed E-state index contributed by atoms with van der Waals surface area (Å²) in [5, 5.41) is 10.9. The van der Waals surface area contributed by atoms with Crippen LogP contribution in [0.15, 0.2) is 35.3 Å². The Balaban J connectivity index is 1.76. The van der Waals surface area contributed by atoms with Gasteiger partial charge >= 0.3 is 0 Å². The molecule has 0 radical (unpaired) electrons. The summed E-state index contributed by atoms with van der Waals surface area (Å²) in [7, 11) is 0. The van der Waals surface area contributed by atoms with Gasteiger partial charge in [0.2, 0.25) is 5.91 Å². The second-order valence-electron chi connectivity index (χ2n) is 5.66. The molecule has 0 saturated heterocycles. The molecule has 0 aliphatic carbocycles. The van der Waals surface area contributed by atoms with Crippen LogP contribution in [-0.4, -0.2) is 15.9 Å². The van der Waals surface area contributed by atoms with Crippen molar-refractivity contribution in [2.75, 3.05) is 0 Å². The third kappa shape index (κ3) is 3.79. The number of carbonyl (C=O) groups is 1. The number of hydrogen-bond acceptors (Lipinski definition) is 4. The fourth-order valence-electron chi connectivity index (χ4n) is 2.47. The Hall–Kier alpha value is -3.67. The van der Waals surface area contributed by atoms with Gasteiger partial charge in [0.05, 0.1) is 29.7 Å². The van der Waals surface area contributed by atoms with E-state index in [9.17, 15) is 22.8 Å². The number of benzene rings is 1. The van der Waals surface area contributed by atoms with Gasteiger partial charge in [-0.1, -0.05) is 0 Å². The molecular formula is C18H11F3N4O2. The number of nitriles is 1. The lowest BCUT2D eigenvalue weighted by Gasteiger charge is -2.07. The van der Waals surface area contributed by atoms with Gasteiger partial charge < -0.3 is 10.3 Å². The number of nitrogens with one attached hydrogen (secondary N) is 2. The highest BCUT2D eigenvalue weighted by Crippen LogP contribution is 2.18. The van der Waals surface area contributed by atoms with E-state index in [1.807, 2.05) is 0 Å². The molecule has 0 atom stereocenters. The first kappa shape index (κ1) is 18.1. The summed E-state index contributed by atoms with van der Waals surface area (Å²) in [4.78, 5) is 30.2. The van der Waals surface area contributed by atoms with Crippen LogP contribution in [0.5, 0.6) is 0 Å². The van der Waals surface area contributed by atoms with Gasteiger partial charge in [-0.3, -0.25) is 14.6 Å². The second kappa shape index (κ2) is 7.29. The topological polar surface area (TPSA) is 98.6 Å². The number of rotatable bonds is 4. The Labute approximate surface area is 150 Å². The highest BCUT2D eigenvalue weighted by molar-refractivity contribution is 5.83. The average Bonchev–Trinajstić information content (AvgIpc) is 2.65. The zero-order valence-electron chi connectivity index (χ0n) is 13.6. The molecule has 2 N–H and O–H groups in total. The molecule has 0 saturated carbocycles. The molecule has 3 rings (SSSR count).